The third-order valence-corrected chi connectivity index (χ3v) is 3.46. The van der Waals surface area contributed by atoms with Crippen molar-refractivity contribution in [3.8, 4) is 0 Å². The molecule has 0 atom stereocenters. The van der Waals surface area contributed by atoms with Crippen molar-refractivity contribution in [2.24, 2.45) is 0 Å². The third kappa shape index (κ3) is 1.76. The van der Waals surface area contributed by atoms with E-state index in [4.69, 9.17) is 5.73 Å². The first kappa shape index (κ1) is 10.2. The number of nitrogen functional groups attached to an aromatic ring is 1. The van der Waals surface area contributed by atoms with Crippen molar-refractivity contribution in [3.05, 3.63) is 59.2 Å². The molecule has 2 nitrogen and oxygen atoms in total. The maximum Gasteiger partial charge on any atom is 0.0436 e. The Hall–Kier alpha value is -1.96. The number of nitrogens with zero attached hydrogens (tertiary/aromatic N) is 1. The monoisotopic (exact) mass is 224 g/mol. The molecule has 0 aromatic heterocycles. The van der Waals surface area contributed by atoms with Gasteiger partial charge in [-0.15, -0.1) is 0 Å². The lowest BCUT2D eigenvalue weighted by atomic mass is 10.1. The minimum absolute atomic E-state index is 0.866. The summed E-state index contributed by atoms with van der Waals surface area (Å²) in [5, 5.41) is 0. The van der Waals surface area contributed by atoms with Crippen molar-refractivity contribution >= 4 is 11.4 Å². The Kier molecular flexibility index (Phi) is 2.29. The van der Waals surface area contributed by atoms with Gasteiger partial charge in [-0.05, 0) is 41.8 Å². The molecule has 0 saturated carbocycles. The van der Waals surface area contributed by atoms with E-state index in [1.165, 1.54) is 16.8 Å². The predicted octanol–water partition coefficient (Wildman–Crippen LogP) is 3.10. The minimum atomic E-state index is 0.866. The zero-order valence-corrected chi connectivity index (χ0v) is 9.98. The molecular weight excluding hydrogens is 208 g/mol. The van der Waals surface area contributed by atoms with Gasteiger partial charge in [0.2, 0.25) is 0 Å². The zero-order chi connectivity index (χ0) is 11.8. The number of hydrogen-bond donors (Lipinski definition) is 1. The molecule has 0 aliphatic carbocycles. The molecule has 0 radical (unpaired) electrons. The summed E-state index contributed by atoms with van der Waals surface area (Å²) in [6, 6.07) is 14.9. The van der Waals surface area contributed by atoms with Gasteiger partial charge in [-0.3, -0.25) is 0 Å². The second-order valence-electron chi connectivity index (χ2n) is 4.67. The van der Waals surface area contributed by atoms with E-state index in [0.717, 1.165) is 24.3 Å². The van der Waals surface area contributed by atoms with E-state index in [1.807, 2.05) is 6.07 Å². The van der Waals surface area contributed by atoms with Gasteiger partial charge in [-0.25, -0.2) is 0 Å². The van der Waals surface area contributed by atoms with Crippen LogP contribution in [0.4, 0.5) is 11.4 Å². The summed E-state index contributed by atoms with van der Waals surface area (Å²) in [6.07, 6.45) is 0. The van der Waals surface area contributed by atoms with Crippen molar-refractivity contribution < 1.29 is 0 Å². The second-order valence-corrected chi connectivity index (χ2v) is 4.67. The van der Waals surface area contributed by atoms with Crippen molar-refractivity contribution in [3.63, 3.8) is 0 Å². The Balaban J connectivity index is 1.91. The third-order valence-electron chi connectivity index (χ3n) is 3.46. The van der Waals surface area contributed by atoms with Crippen molar-refractivity contribution in [1.82, 2.24) is 0 Å². The topological polar surface area (TPSA) is 29.3 Å². The van der Waals surface area contributed by atoms with E-state index >= 15 is 0 Å². The number of rotatable bonds is 1. The van der Waals surface area contributed by atoms with Crippen molar-refractivity contribution in [1.29, 1.82) is 0 Å². The number of anilines is 2. The molecule has 0 saturated heterocycles. The first-order valence-electron chi connectivity index (χ1n) is 5.92. The van der Waals surface area contributed by atoms with Crippen LogP contribution in [0, 0.1) is 6.92 Å². The molecule has 0 spiro atoms. The molecule has 86 valence electrons. The van der Waals surface area contributed by atoms with E-state index in [9.17, 15) is 0 Å². The summed E-state index contributed by atoms with van der Waals surface area (Å²) >= 11 is 0. The van der Waals surface area contributed by atoms with Gasteiger partial charge in [-0.2, -0.15) is 0 Å². The maximum absolute atomic E-state index is 5.85. The molecule has 3 rings (SSSR count). The molecule has 17 heavy (non-hydrogen) atoms. The molecule has 1 aliphatic rings. The van der Waals surface area contributed by atoms with Gasteiger partial charge in [0.05, 0.1) is 0 Å². The number of fused-ring (bicyclic) bond motifs is 1. The quantitative estimate of drug-likeness (QED) is 0.754. The van der Waals surface area contributed by atoms with Gasteiger partial charge < -0.3 is 10.6 Å². The highest BCUT2D eigenvalue weighted by molar-refractivity contribution is 5.59. The van der Waals surface area contributed by atoms with E-state index in [0.29, 0.717) is 0 Å². The van der Waals surface area contributed by atoms with Gasteiger partial charge in [0, 0.05) is 24.5 Å². The van der Waals surface area contributed by atoms with Crippen LogP contribution in [0.1, 0.15) is 16.7 Å². The molecule has 2 aromatic carbocycles. The fraction of sp³-hybridized carbons (Fsp3) is 0.200. The lowest BCUT2D eigenvalue weighted by molar-refractivity contribution is 0.880. The Labute approximate surface area is 102 Å². The maximum atomic E-state index is 5.85. The Bertz CT molecular complexity index is 536. The Morgan fingerprint density at radius 1 is 1.00 bits per heavy atom. The molecule has 0 amide bonds. The Morgan fingerprint density at radius 2 is 1.65 bits per heavy atom. The van der Waals surface area contributed by atoms with Crippen LogP contribution in [0.25, 0.3) is 0 Å². The van der Waals surface area contributed by atoms with E-state index in [2.05, 4.69) is 48.2 Å². The fourth-order valence-electron chi connectivity index (χ4n) is 2.37. The highest BCUT2D eigenvalue weighted by Crippen LogP contribution is 2.29. The molecule has 0 fully saturated rings. The highest BCUT2D eigenvalue weighted by atomic mass is 15.1. The molecule has 2 aromatic rings. The molecule has 2 heteroatoms. The number of benzene rings is 2. The molecule has 0 bridgehead atoms. The summed E-state index contributed by atoms with van der Waals surface area (Å²) in [7, 11) is 0. The number of hydrogen-bond acceptors (Lipinski definition) is 2. The van der Waals surface area contributed by atoms with Crippen molar-refractivity contribution in [2.75, 3.05) is 10.6 Å². The molecule has 1 heterocycles. The van der Waals surface area contributed by atoms with Crippen LogP contribution in [0.3, 0.4) is 0 Å². The molecule has 0 unspecified atom stereocenters. The fourth-order valence-corrected chi connectivity index (χ4v) is 2.37. The summed E-state index contributed by atoms with van der Waals surface area (Å²) < 4.78 is 0. The largest absolute Gasteiger partial charge is 0.399 e. The van der Waals surface area contributed by atoms with Gasteiger partial charge in [0.25, 0.3) is 0 Å². The lowest BCUT2D eigenvalue weighted by Gasteiger charge is -2.18. The SMILES string of the molecule is Cc1cc(N2Cc3ccccc3C2)ccc1N. The zero-order valence-electron chi connectivity index (χ0n) is 9.98. The lowest BCUT2D eigenvalue weighted by Crippen LogP contribution is -2.14. The van der Waals surface area contributed by atoms with Crippen molar-refractivity contribution in [2.45, 2.75) is 20.0 Å². The van der Waals surface area contributed by atoms with Gasteiger partial charge >= 0.3 is 0 Å². The smallest absolute Gasteiger partial charge is 0.0436 e. The van der Waals surface area contributed by atoms with E-state index in [1.54, 1.807) is 0 Å². The van der Waals surface area contributed by atoms with E-state index < -0.39 is 0 Å². The van der Waals surface area contributed by atoms with E-state index in [-0.39, 0.29) is 0 Å². The average molecular weight is 224 g/mol. The predicted molar refractivity (Wildman–Crippen MR) is 71.9 cm³/mol. The van der Waals surface area contributed by atoms with Crippen LogP contribution in [-0.2, 0) is 13.1 Å². The average Bonchev–Trinajstić information content (AvgIpc) is 2.76. The van der Waals surface area contributed by atoms with Crippen LogP contribution in [0.15, 0.2) is 42.5 Å². The van der Waals surface area contributed by atoms with Crippen LogP contribution in [0.2, 0.25) is 0 Å². The van der Waals surface area contributed by atoms with Crippen LogP contribution < -0.4 is 10.6 Å². The second kappa shape index (κ2) is 3.81. The van der Waals surface area contributed by atoms with Crippen LogP contribution in [0.5, 0.6) is 0 Å². The molecule has 1 aliphatic heterocycles. The standard InChI is InChI=1S/C15H16N2/c1-11-8-14(6-7-15(11)16)17-9-12-4-2-3-5-13(12)10-17/h2-8H,9-10,16H2,1H3. The molecular formula is C15H16N2. The summed E-state index contributed by atoms with van der Waals surface area (Å²) in [5.74, 6) is 0. The first-order chi connectivity index (χ1) is 8.24. The van der Waals surface area contributed by atoms with Crippen LogP contribution in [-0.4, -0.2) is 0 Å². The summed E-state index contributed by atoms with van der Waals surface area (Å²) in [6.45, 7) is 4.06. The molecule has 2 N–H and O–H groups in total. The van der Waals surface area contributed by atoms with Gasteiger partial charge in [0.1, 0.15) is 0 Å². The van der Waals surface area contributed by atoms with Gasteiger partial charge in [0.15, 0.2) is 0 Å². The normalized spacial score (nSPS) is 13.8. The van der Waals surface area contributed by atoms with Crippen LogP contribution >= 0.6 is 0 Å². The van der Waals surface area contributed by atoms with Gasteiger partial charge in [-0.1, -0.05) is 24.3 Å². The Morgan fingerprint density at radius 3 is 2.24 bits per heavy atom. The number of nitrogens with two attached hydrogens (primary N) is 1. The summed E-state index contributed by atoms with van der Waals surface area (Å²) in [5.41, 5.74) is 12.0. The highest BCUT2D eigenvalue weighted by Gasteiger charge is 2.18. The first-order valence-corrected chi connectivity index (χ1v) is 5.92. The minimum Gasteiger partial charge on any atom is -0.399 e. The summed E-state index contributed by atoms with van der Waals surface area (Å²) in [4.78, 5) is 2.39. The number of aryl methyl sites for hydroxylation is 1.